The van der Waals surface area contributed by atoms with Gasteiger partial charge in [-0.1, -0.05) is 26.2 Å². The summed E-state index contributed by atoms with van der Waals surface area (Å²) in [6.45, 7) is 2.56. The van der Waals surface area contributed by atoms with Crippen LogP contribution >= 0.6 is 0 Å². The molecule has 0 N–H and O–H groups in total. The Kier molecular flexibility index (Phi) is 3.66. The number of halogens is 2. The van der Waals surface area contributed by atoms with Gasteiger partial charge in [0.05, 0.1) is 0 Å². The summed E-state index contributed by atoms with van der Waals surface area (Å²) < 4.78 is 26.2. The van der Waals surface area contributed by atoms with Crippen LogP contribution in [0.25, 0.3) is 0 Å². The van der Waals surface area contributed by atoms with Crippen molar-refractivity contribution in [3.8, 4) is 0 Å². The minimum Gasteiger partial charge on any atom is -0.174 e. The van der Waals surface area contributed by atoms with E-state index in [-0.39, 0.29) is 5.41 Å². The molecule has 0 saturated heterocycles. The zero-order chi connectivity index (χ0) is 15.4. The summed E-state index contributed by atoms with van der Waals surface area (Å²) in [5.74, 6) is 3.02. The zero-order valence-corrected chi connectivity index (χ0v) is 13.9. The molecule has 4 fully saturated rings. The van der Waals surface area contributed by atoms with E-state index >= 15 is 0 Å². The highest BCUT2D eigenvalue weighted by Gasteiger charge is 2.58. The lowest BCUT2D eigenvalue weighted by atomic mass is 9.45. The molecule has 22 heavy (non-hydrogen) atoms. The third-order valence-corrected chi connectivity index (χ3v) is 8.39. The van der Waals surface area contributed by atoms with Gasteiger partial charge in [0.25, 0.3) is 6.08 Å². The van der Waals surface area contributed by atoms with Crippen LogP contribution in [0.2, 0.25) is 0 Å². The van der Waals surface area contributed by atoms with Gasteiger partial charge in [0, 0.05) is 0 Å². The summed E-state index contributed by atoms with van der Waals surface area (Å²) in [6, 6.07) is 0. The van der Waals surface area contributed by atoms with Crippen LogP contribution in [0.15, 0.2) is 12.2 Å². The first kappa shape index (κ1) is 15.1. The van der Waals surface area contributed by atoms with E-state index in [0.717, 1.165) is 37.0 Å². The summed E-state index contributed by atoms with van der Waals surface area (Å²) in [5, 5.41) is 0. The van der Waals surface area contributed by atoms with Gasteiger partial charge in [-0.15, -0.1) is 0 Å². The molecule has 4 aliphatic carbocycles. The highest BCUT2D eigenvalue weighted by Crippen LogP contribution is 2.66. The topological polar surface area (TPSA) is 0 Å². The van der Waals surface area contributed by atoms with Crippen LogP contribution in [0.1, 0.15) is 77.6 Å². The van der Waals surface area contributed by atoms with E-state index in [1.54, 1.807) is 0 Å². The van der Waals surface area contributed by atoms with Gasteiger partial charge < -0.3 is 0 Å². The van der Waals surface area contributed by atoms with Gasteiger partial charge in [0.1, 0.15) is 0 Å². The Bertz CT molecular complexity index is 466. The van der Waals surface area contributed by atoms with E-state index in [9.17, 15) is 8.78 Å². The van der Waals surface area contributed by atoms with E-state index in [4.69, 9.17) is 0 Å². The van der Waals surface area contributed by atoms with Gasteiger partial charge in [0.15, 0.2) is 0 Å². The normalized spacial score (nSPS) is 50.7. The maximum absolute atomic E-state index is 13.1. The lowest BCUT2D eigenvalue weighted by molar-refractivity contribution is -0.0972. The Balaban J connectivity index is 1.65. The molecule has 2 heteroatoms. The minimum absolute atomic E-state index is 0.141. The first-order chi connectivity index (χ1) is 10.6. The van der Waals surface area contributed by atoms with Gasteiger partial charge >= 0.3 is 0 Å². The van der Waals surface area contributed by atoms with E-state index in [1.807, 2.05) is 0 Å². The molecule has 4 aliphatic rings. The second-order valence-electron chi connectivity index (χ2n) is 9.00. The largest absolute Gasteiger partial charge is 0.266 e. The fourth-order valence-corrected chi connectivity index (χ4v) is 7.47. The lowest BCUT2D eigenvalue weighted by Crippen LogP contribution is -2.52. The van der Waals surface area contributed by atoms with Crippen molar-refractivity contribution in [1.82, 2.24) is 0 Å². The van der Waals surface area contributed by atoms with Gasteiger partial charge in [-0.05, 0) is 91.9 Å². The van der Waals surface area contributed by atoms with E-state index < -0.39 is 6.08 Å². The molecule has 124 valence electrons. The second kappa shape index (κ2) is 5.31. The molecular weight excluding hydrogens is 278 g/mol. The van der Waals surface area contributed by atoms with Crippen LogP contribution in [0.3, 0.4) is 0 Å². The van der Waals surface area contributed by atoms with Crippen molar-refractivity contribution < 1.29 is 8.78 Å². The maximum Gasteiger partial charge on any atom is 0.266 e. The predicted octanol–water partition coefficient (Wildman–Crippen LogP) is 6.57. The van der Waals surface area contributed by atoms with Gasteiger partial charge in [0.2, 0.25) is 0 Å². The van der Waals surface area contributed by atoms with Gasteiger partial charge in [-0.25, -0.2) is 0 Å². The average molecular weight is 308 g/mol. The molecule has 0 amide bonds. The summed E-state index contributed by atoms with van der Waals surface area (Å²) in [5.41, 5.74) is 0.381. The predicted molar refractivity (Wildman–Crippen MR) is 85.6 cm³/mol. The van der Waals surface area contributed by atoms with Crippen molar-refractivity contribution in [2.24, 2.45) is 34.5 Å². The summed E-state index contributed by atoms with van der Waals surface area (Å²) in [7, 11) is 0. The molecule has 4 rings (SSSR count). The molecule has 0 spiro atoms. The molecule has 0 aromatic carbocycles. The quantitative estimate of drug-likeness (QED) is 0.514. The molecule has 4 saturated carbocycles. The van der Waals surface area contributed by atoms with Crippen LogP contribution in [0.4, 0.5) is 8.78 Å². The van der Waals surface area contributed by atoms with Gasteiger partial charge in [-0.3, -0.25) is 0 Å². The van der Waals surface area contributed by atoms with Gasteiger partial charge in [-0.2, -0.15) is 8.78 Å². The number of hydrogen-bond donors (Lipinski definition) is 0. The monoisotopic (exact) mass is 308 g/mol. The van der Waals surface area contributed by atoms with Crippen LogP contribution in [-0.2, 0) is 0 Å². The second-order valence-corrected chi connectivity index (χ2v) is 9.00. The number of rotatable bonds is 1. The Hall–Kier alpha value is -0.400. The Morgan fingerprint density at radius 3 is 2.55 bits per heavy atom. The molecule has 0 aromatic heterocycles. The summed E-state index contributed by atoms with van der Waals surface area (Å²) in [4.78, 5) is 0. The molecule has 0 nitrogen and oxygen atoms in total. The summed E-state index contributed by atoms with van der Waals surface area (Å²) in [6.07, 6.45) is 13.9. The van der Waals surface area contributed by atoms with Crippen LogP contribution < -0.4 is 0 Å². The number of fused-ring (bicyclic) bond motifs is 5. The van der Waals surface area contributed by atoms with Crippen molar-refractivity contribution >= 4 is 0 Å². The molecular formula is C20H30F2. The van der Waals surface area contributed by atoms with Crippen LogP contribution in [0.5, 0.6) is 0 Å². The van der Waals surface area contributed by atoms with E-state index in [2.05, 4.69) is 6.92 Å². The third-order valence-electron chi connectivity index (χ3n) is 8.39. The molecule has 6 atom stereocenters. The maximum atomic E-state index is 13.1. The van der Waals surface area contributed by atoms with Crippen molar-refractivity contribution in [2.75, 3.05) is 0 Å². The van der Waals surface area contributed by atoms with Crippen molar-refractivity contribution in [3.05, 3.63) is 12.2 Å². The molecule has 0 heterocycles. The summed E-state index contributed by atoms with van der Waals surface area (Å²) >= 11 is 0. The van der Waals surface area contributed by atoms with Crippen LogP contribution in [-0.4, -0.2) is 0 Å². The molecule has 0 radical (unpaired) electrons. The lowest BCUT2D eigenvalue weighted by Gasteiger charge is -2.60. The van der Waals surface area contributed by atoms with E-state index in [1.165, 1.54) is 57.4 Å². The molecule has 0 aromatic rings. The highest BCUT2D eigenvalue weighted by atomic mass is 19.3. The third kappa shape index (κ3) is 2.12. The SMILES string of the molecule is C[C@]12CCCCC1CC[C@H]1[C@@H]3CCC[C@@]3(C=C(F)F)CC[C@@H]12. The zero-order valence-electron chi connectivity index (χ0n) is 13.9. The Morgan fingerprint density at radius 1 is 0.864 bits per heavy atom. The standard InChI is InChI=1S/C20H30F2/c1-19-10-3-2-5-14(19)7-8-15-16(19)9-12-20(13-18(21)22)11-4-6-17(15)20/h13-17H,2-12H2,1H3/t14?,15-,16+,17+,19+,20+/m1/s1. The first-order valence-corrected chi connectivity index (χ1v) is 9.59. The molecule has 0 aliphatic heterocycles. The fraction of sp³-hybridized carbons (Fsp3) is 0.900. The van der Waals surface area contributed by atoms with Crippen molar-refractivity contribution in [2.45, 2.75) is 77.6 Å². The average Bonchev–Trinajstić information content (AvgIpc) is 2.89. The number of allylic oxidation sites excluding steroid dienone is 1. The Labute approximate surface area is 133 Å². The highest BCUT2D eigenvalue weighted by molar-refractivity contribution is 5.14. The smallest absolute Gasteiger partial charge is 0.174 e. The minimum atomic E-state index is -1.43. The van der Waals surface area contributed by atoms with Crippen molar-refractivity contribution in [1.29, 1.82) is 0 Å². The van der Waals surface area contributed by atoms with Crippen LogP contribution in [0, 0.1) is 34.5 Å². The Morgan fingerprint density at radius 2 is 1.73 bits per heavy atom. The fourth-order valence-electron chi connectivity index (χ4n) is 7.47. The molecule has 1 unspecified atom stereocenters. The first-order valence-electron chi connectivity index (χ1n) is 9.59. The molecule has 0 bridgehead atoms. The van der Waals surface area contributed by atoms with Crippen molar-refractivity contribution in [3.63, 3.8) is 0 Å². The number of hydrogen-bond acceptors (Lipinski definition) is 0. The van der Waals surface area contributed by atoms with E-state index in [0.29, 0.717) is 11.3 Å².